The number of likely N-dealkylation sites (N-methyl/N-ethyl adjacent to an activating group) is 1. The van der Waals surface area contributed by atoms with E-state index in [0.717, 1.165) is 31.6 Å². The summed E-state index contributed by atoms with van der Waals surface area (Å²) in [4.78, 5) is 6.45. The predicted octanol–water partition coefficient (Wildman–Crippen LogP) is 1.73. The maximum atomic E-state index is 12.2. The van der Waals surface area contributed by atoms with Crippen LogP contribution < -0.4 is 0 Å². The third-order valence-corrected chi connectivity index (χ3v) is 7.46. The summed E-state index contributed by atoms with van der Waals surface area (Å²) in [5.41, 5.74) is 1.09. The van der Waals surface area contributed by atoms with Gasteiger partial charge in [-0.1, -0.05) is 13.0 Å². The molecule has 0 aliphatic carbocycles. The summed E-state index contributed by atoms with van der Waals surface area (Å²) in [6, 6.07) is 3.94. The lowest BCUT2D eigenvalue weighted by atomic mass is 9.77. The number of ether oxygens (including phenoxy) is 1. The maximum Gasteiger partial charge on any atom is 0.214 e. The van der Waals surface area contributed by atoms with E-state index in [1.165, 1.54) is 0 Å². The molecule has 0 N–H and O–H groups in total. The summed E-state index contributed by atoms with van der Waals surface area (Å²) in [7, 11) is -0.953. The van der Waals surface area contributed by atoms with Gasteiger partial charge in [0.15, 0.2) is 0 Å². The average molecular weight is 368 g/mol. The van der Waals surface area contributed by atoms with Gasteiger partial charge in [-0.3, -0.25) is 9.88 Å². The first kappa shape index (κ1) is 18.8. The molecule has 2 aliphatic heterocycles. The van der Waals surface area contributed by atoms with Gasteiger partial charge in [-0.15, -0.1) is 0 Å². The van der Waals surface area contributed by atoms with Gasteiger partial charge in [0.25, 0.3) is 0 Å². The van der Waals surface area contributed by atoms with Crippen LogP contribution in [-0.2, 0) is 21.4 Å². The molecular formula is C18H29N3O3S. The van der Waals surface area contributed by atoms with Crippen LogP contribution in [0.4, 0.5) is 0 Å². The Kier molecular flexibility index (Phi) is 5.78. The molecule has 0 unspecified atom stereocenters. The van der Waals surface area contributed by atoms with Crippen LogP contribution in [-0.4, -0.2) is 67.2 Å². The van der Waals surface area contributed by atoms with Crippen molar-refractivity contribution >= 4 is 10.0 Å². The second-order valence-corrected chi connectivity index (χ2v) is 9.55. The van der Waals surface area contributed by atoms with Crippen molar-refractivity contribution in [2.24, 2.45) is 5.92 Å². The van der Waals surface area contributed by atoms with E-state index in [1.807, 2.05) is 25.3 Å². The van der Waals surface area contributed by atoms with Gasteiger partial charge < -0.3 is 4.74 Å². The molecule has 0 bridgehead atoms. The number of aromatic nitrogens is 1. The normalized spacial score (nSPS) is 24.3. The summed E-state index contributed by atoms with van der Waals surface area (Å²) in [6.07, 6.45) is 6.38. The van der Waals surface area contributed by atoms with E-state index in [9.17, 15) is 8.42 Å². The summed E-state index contributed by atoms with van der Waals surface area (Å²) in [6.45, 7) is 5.49. The molecule has 2 saturated heterocycles. The van der Waals surface area contributed by atoms with Gasteiger partial charge in [-0.2, -0.15) is 4.31 Å². The number of hydrogen-bond donors (Lipinski definition) is 0. The molecule has 7 heteroatoms. The van der Waals surface area contributed by atoms with E-state index in [-0.39, 0.29) is 11.3 Å². The minimum Gasteiger partial charge on any atom is -0.376 e. The summed E-state index contributed by atoms with van der Waals surface area (Å²) in [5, 5.41) is 0. The van der Waals surface area contributed by atoms with Crippen molar-refractivity contribution in [3.8, 4) is 0 Å². The molecule has 140 valence electrons. The van der Waals surface area contributed by atoms with Crippen LogP contribution in [0.5, 0.6) is 0 Å². The molecule has 1 atom stereocenters. The Labute approximate surface area is 151 Å². The third kappa shape index (κ3) is 4.22. The molecule has 2 fully saturated rings. The minimum absolute atomic E-state index is 0.00138. The highest BCUT2D eigenvalue weighted by Crippen LogP contribution is 2.39. The van der Waals surface area contributed by atoms with E-state index in [2.05, 4.69) is 16.9 Å². The van der Waals surface area contributed by atoms with Crippen molar-refractivity contribution in [2.75, 3.05) is 39.0 Å². The van der Waals surface area contributed by atoms with Gasteiger partial charge in [-0.05, 0) is 50.4 Å². The summed E-state index contributed by atoms with van der Waals surface area (Å²) in [5.74, 6) is 0.744. The molecule has 0 saturated carbocycles. The van der Waals surface area contributed by atoms with Crippen LogP contribution in [0.25, 0.3) is 0 Å². The van der Waals surface area contributed by atoms with Gasteiger partial charge in [0.1, 0.15) is 0 Å². The monoisotopic (exact) mass is 367 g/mol. The number of nitrogens with zero attached hydrogens (tertiary/aromatic N) is 3. The smallest absolute Gasteiger partial charge is 0.214 e. The maximum absolute atomic E-state index is 12.2. The van der Waals surface area contributed by atoms with Crippen LogP contribution in [0.2, 0.25) is 0 Å². The van der Waals surface area contributed by atoms with Gasteiger partial charge in [0, 0.05) is 37.6 Å². The Balaban J connectivity index is 1.51. The second-order valence-electron chi connectivity index (χ2n) is 7.47. The Morgan fingerprint density at radius 1 is 1.40 bits per heavy atom. The van der Waals surface area contributed by atoms with Crippen LogP contribution in [0.15, 0.2) is 24.5 Å². The predicted molar refractivity (Wildman–Crippen MR) is 97.6 cm³/mol. The summed E-state index contributed by atoms with van der Waals surface area (Å²) < 4.78 is 32.0. The molecule has 25 heavy (non-hydrogen) atoms. The number of hydrogen-bond acceptors (Lipinski definition) is 5. The lowest BCUT2D eigenvalue weighted by molar-refractivity contribution is -0.0600. The van der Waals surface area contributed by atoms with E-state index in [0.29, 0.717) is 32.0 Å². The zero-order chi connectivity index (χ0) is 17.9. The molecule has 1 spiro atoms. The van der Waals surface area contributed by atoms with Crippen molar-refractivity contribution in [1.82, 2.24) is 14.2 Å². The lowest BCUT2D eigenvalue weighted by Crippen LogP contribution is -2.72. The standard InChI is InChI=1S/C18H29N3O3S/c1-3-9-25(22,23)21-14-18(15-21)10-16(6-8-20(18)2)12-24-13-17-5-4-7-19-11-17/h4-5,7,11,16H,3,6,8-10,12-15H2,1-2H3/t16-/m1/s1. The SMILES string of the molecule is CCCS(=O)(=O)N1CC2(C[C@H](COCc3cccnc3)CCN2C)C1. The van der Waals surface area contributed by atoms with E-state index in [1.54, 1.807) is 10.5 Å². The largest absolute Gasteiger partial charge is 0.376 e. The average Bonchev–Trinajstić information content (AvgIpc) is 2.55. The van der Waals surface area contributed by atoms with Crippen molar-refractivity contribution in [1.29, 1.82) is 0 Å². The van der Waals surface area contributed by atoms with Gasteiger partial charge >= 0.3 is 0 Å². The minimum atomic E-state index is -3.07. The molecule has 3 heterocycles. The van der Waals surface area contributed by atoms with Gasteiger partial charge in [0.05, 0.1) is 12.4 Å². The summed E-state index contributed by atoms with van der Waals surface area (Å²) >= 11 is 0. The molecule has 0 radical (unpaired) electrons. The Morgan fingerprint density at radius 3 is 2.88 bits per heavy atom. The highest BCUT2D eigenvalue weighted by Gasteiger charge is 2.52. The Hall–Kier alpha value is -1.02. The van der Waals surface area contributed by atoms with Crippen molar-refractivity contribution in [2.45, 2.75) is 38.3 Å². The molecule has 1 aromatic rings. The fourth-order valence-electron chi connectivity index (χ4n) is 3.94. The van der Waals surface area contributed by atoms with Crippen LogP contribution in [0.1, 0.15) is 31.7 Å². The topological polar surface area (TPSA) is 62.7 Å². The number of rotatable bonds is 7. The molecule has 3 rings (SSSR count). The molecule has 0 aromatic carbocycles. The van der Waals surface area contributed by atoms with Crippen molar-refractivity contribution in [3.05, 3.63) is 30.1 Å². The first-order chi connectivity index (χ1) is 12.0. The van der Waals surface area contributed by atoms with Crippen molar-refractivity contribution in [3.63, 3.8) is 0 Å². The number of piperidine rings is 1. The van der Waals surface area contributed by atoms with Crippen LogP contribution >= 0.6 is 0 Å². The number of pyridine rings is 1. The zero-order valence-corrected chi connectivity index (χ0v) is 16.0. The fraction of sp³-hybridized carbons (Fsp3) is 0.722. The number of sulfonamides is 1. The highest BCUT2D eigenvalue weighted by atomic mass is 32.2. The fourth-order valence-corrected chi connectivity index (χ4v) is 5.59. The molecule has 0 amide bonds. The van der Waals surface area contributed by atoms with E-state index in [4.69, 9.17) is 4.74 Å². The van der Waals surface area contributed by atoms with Gasteiger partial charge in [0.2, 0.25) is 10.0 Å². The molecule has 1 aromatic heterocycles. The molecular weight excluding hydrogens is 338 g/mol. The molecule has 2 aliphatic rings. The first-order valence-corrected chi connectivity index (χ1v) is 10.7. The van der Waals surface area contributed by atoms with Crippen molar-refractivity contribution < 1.29 is 13.2 Å². The first-order valence-electron chi connectivity index (χ1n) is 9.11. The Bertz CT molecular complexity index is 659. The third-order valence-electron chi connectivity index (χ3n) is 5.49. The van der Waals surface area contributed by atoms with E-state index < -0.39 is 10.0 Å². The van der Waals surface area contributed by atoms with Crippen LogP contribution in [0, 0.1) is 5.92 Å². The van der Waals surface area contributed by atoms with Gasteiger partial charge in [-0.25, -0.2) is 8.42 Å². The zero-order valence-electron chi connectivity index (χ0n) is 15.2. The second kappa shape index (κ2) is 7.70. The lowest BCUT2D eigenvalue weighted by Gasteiger charge is -2.57. The Morgan fingerprint density at radius 2 is 2.20 bits per heavy atom. The van der Waals surface area contributed by atoms with E-state index >= 15 is 0 Å². The quantitative estimate of drug-likeness (QED) is 0.734. The highest BCUT2D eigenvalue weighted by molar-refractivity contribution is 7.89. The number of likely N-dealkylation sites (tertiary alicyclic amines) is 1. The van der Waals surface area contributed by atoms with Crippen LogP contribution in [0.3, 0.4) is 0 Å². The molecule has 6 nitrogen and oxygen atoms in total.